The van der Waals surface area contributed by atoms with Crippen molar-refractivity contribution in [3.63, 3.8) is 0 Å². The summed E-state index contributed by atoms with van der Waals surface area (Å²) in [5.74, 6) is -0.0814. The number of nitrogens with zero attached hydrogens (tertiary/aromatic N) is 1. The lowest BCUT2D eigenvalue weighted by Crippen LogP contribution is -2.07. The summed E-state index contributed by atoms with van der Waals surface area (Å²) in [6, 6.07) is 9.73. The molecule has 5 nitrogen and oxygen atoms in total. The molecule has 0 saturated heterocycles. The van der Waals surface area contributed by atoms with Crippen LogP contribution in [0.25, 0.3) is 0 Å². The lowest BCUT2D eigenvalue weighted by atomic mass is 10.1. The molecule has 0 unspecified atom stereocenters. The Morgan fingerprint density at radius 1 is 1.26 bits per heavy atom. The maximum atomic E-state index is 11.7. The van der Waals surface area contributed by atoms with Crippen LogP contribution in [0.2, 0.25) is 0 Å². The number of esters is 1. The van der Waals surface area contributed by atoms with E-state index in [1.807, 2.05) is 0 Å². The molecule has 0 aliphatic carbocycles. The molecule has 0 atom stereocenters. The van der Waals surface area contributed by atoms with Gasteiger partial charge in [-0.1, -0.05) is 5.16 Å². The monoisotopic (exact) mass is 323 g/mol. The average Bonchev–Trinajstić information content (AvgIpc) is 2.85. The second-order valence-corrected chi connectivity index (χ2v) is 4.48. The van der Waals surface area contributed by atoms with Crippen molar-refractivity contribution in [2.45, 2.75) is 6.92 Å². The first-order chi connectivity index (χ1) is 9.10. The Hall–Kier alpha value is -2.08. The minimum Gasteiger partial charge on any atom is -0.442 e. The van der Waals surface area contributed by atoms with E-state index in [1.165, 1.54) is 6.07 Å². The van der Waals surface area contributed by atoms with Crippen LogP contribution in [0.15, 0.2) is 50.6 Å². The van der Waals surface area contributed by atoms with Gasteiger partial charge in [-0.05, 0) is 64.8 Å². The highest BCUT2D eigenvalue weighted by molar-refractivity contribution is 9.10. The lowest BCUT2D eigenvalue weighted by Gasteiger charge is -2.03. The molecule has 0 fully saturated rings. The number of oxime groups is 1. The second-order valence-electron chi connectivity index (χ2n) is 3.70. The summed E-state index contributed by atoms with van der Waals surface area (Å²) in [5.41, 5.74) is 1.22. The van der Waals surface area contributed by atoms with Crippen LogP contribution in [0, 0.1) is 0 Å². The molecule has 6 heteroatoms. The van der Waals surface area contributed by atoms with E-state index in [4.69, 9.17) is 14.4 Å². The zero-order valence-electron chi connectivity index (χ0n) is 9.96. The van der Waals surface area contributed by atoms with E-state index in [1.54, 1.807) is 37.3 Å². The fraction of sp³-hybridized carbons (Fsp3) is 0.0769. The highest BCUT2D eigenvalue weighted by Gasteiger charge is 2.13. The van der Waals surface area contributed by atoms with Crippen LogP contribution in [0.5, 0.6) is 5.75 Å². The van der Waals surface area contributed by atoms with Crippen molar-refractivity contribution >= 4 is 27.6 Å². The summed E-state index contributed by atoms with van der Waals surface area (Å²) in [6.07, 6.45) is 0. The fourth-order valence-electron chi connectivity index (χ4n) is 1.40. The topological polar surface area (TPSA) is 72.0 Å². The van der Waals surface area contributed by atoms with E-state index in [0.717, 1.165) is 5.56 Å². The fourth-order valence-corrected chi connectivity index (χ4v) is 1.71. The Labute approximate surface area is 117 Å². The van der Waals surface area contributed by atoms with Crippen LogP contribution in [0.3, 0.4) is 0 Å². The van der Waals surface area contributed by atoms with Gasteiger partial charge in [-0.25, -0.2) is 4.79 Å². The first-order valence-corrected chi connectivity index (χ1v) is 6.16. The molecule has 0 spiro atoms. The van der Waals surface area contributed by atoms with Crippen molar-refractivity contribution in [2.24, 2.45) is 5.16 Å². The van der Waals surface area contributed by atoms with Gasteiger partial charge in [0.2, 0.25) is 5.76 Å². The van der Waals surface area contributed by atoms with Gasteiger partial charge in [-0.15, -0.1) is 0 Å². The number of carbonyl (C=O) groups excluding carboxylic acids is 1. The average molecular weight is 324 g/mol. The summed E-state index contributed by atoms with van der Waals surface area (Å²) in [5, 5.41) is 11.7. The SMILES string of the molecule is CC(=NO)c1ccc(OC(=O)c2ccc(Br)o2)cc1. The molecule has 0 aliphatic rings. The molecule has 0 aliphatic heterocycles. The van der Waals surface area contributed by atoms with E-state index >= 15 is 0 Å². The van der Waals surface area contributed by atoms with Crippen LogP contribution < -0.4 is 4.74 Å². The number of furan rings is 1. The number of rotatable bonds is 3. The predicted molar refractivity (Wildman–Crippen MR) is 71.8 cm³/mol. The molecular formula is C13H10BrNO4. The van der Waals surface area contributed by atoms with E-state index in [9.17, 15) is 4.79 Å². The Balaban J connectivity index is 2.10. The predicted octanol–water partition coefficient (Wildman–Crippen LogP) is 3.46. The molecule has 19 heavy (non-hydrogen) atoms. The molecule has 98 valence electrons. The minimum atomic E-state index is -0.578. The number of hydrogen-bond acceptors (Lipinski definition) is 5. The molecule has 0 saturated carbocycles. The standard InChI is InChI=1S/C13H10BrNO4/c1-8(15-17)9-2-4-10(5-3-9)18-13(16)11-6-7-12(14)19-11/h2-7,17H,1H3. The number of ether oxygens (including phenoxy) is 1. The molecule has 1 aromatic carbocycles. The number of benzene rings is 1. The maximum absolute atomic E-state index is 11.7. The molecule has 2 aromatic rings. The van der Waals surface area contributed by atoms with Gasteiger partial charge in [0.05, 0.1) is 5.71 Å². The number of carbonyl (C=O) groups is 1. The lowest BCUT2D eigenvalue weighted by molar-refractivity contribution is 0.0700. The molecular weight excluding hydrogens is 314 g/mol. The minimum absolute atomic E-state index is 0.115. The molecule has 0 radical (unpaired) electrons. The quantitative estimate of drug-likeness (QED) is 0.308. The summed E-state index contributed by atoms with van der Waals surface area (Å²) in [6.45, 7) is 1.67. The van der Waals surface area contributed by atoms with E-state index in [0.29, 0.717) is 16.1 Å². The van der Waals surface area contributed by atoms with Crippen LogP contribution in [-0.2, 0) is 0 Å². The van der Waals surface area contributed by atoms with Crippen molar-refractivity contribution in [1.82, 2.24) is 0 Å². The zero-order chi connectivity index (χ0) is 13.8. The molecule has 2 rings (SSSR count). The van der Waals surface area contributed by atoms with Crippen molar-refractivity contribution in [3.8, 4) is 5.75 Å². The first-order valence-electron chi connectivity index (χ1n) is 5.37. The molecule has 0 amide bonds. The first kappa shape index (κ1) is 13.4. The molecule has 1 N–H and O–H groups in total. The Morgan fingerprint density at radius 2 is 1.95 bits per heavy atom. The largest absolute Gasteiger partial charge is 0.442 e. The summed E-state index contributed by atoms with van der Waals surface area (Å²) >= 11 is 3.11. The summed E-state index contributed by atoms with van der Waals surface area (Å²) in [7, 11) is 0. The third kappa shape index (κ3) is 3.23. The van der Waals surface area contributed by atoms with Crippen molar-refractivity contribution < 1.29 is 19.2 Å². The smallest absolute Gasteiger partial charge is 0.379 e. The highest BCUT2D eigenvalue weighted by Crippen LogP contribution is 2.18. The van der Waals surface area contributed by atoms with Gasteiger partial charge in [0, 0.05) is 0 Å². The van der Waals surface area contributed by atoms with Crippen LogP contribution in [0.4, 0.5) is 0 Å². The number of hydrogen-bond donors (Lipinski definition) is 1. The maximum Gasteiger partial charge on any atom is 0.379 e. The Morgan fingerprint density at radius 3 is 2.47 bits per heavy atom. The second kappa shape index (κ2) is 5.71. The highest BCUT2D eigenvalue weighted by atomic mass is 79.9. The third-order valence-electron chi connectivity index (χ3n) is 2.41. The molecule has 1 heterocycles. The van der Waals surface area contributed by atoms with Crippen molar-refractivity contribution in [1.29, 1.82) is 0 Å². The van der Waals surface area contributed by atoms with Crippen LogP contribution >= 0.6 is 15.9 Å². The van der Waals surface area contributed by atoms with E-state index in [-0.39, 0.29) is 5.76 Å². The van der Waals surface area contributed by atoms with E-state index < -0.39 is 5.97 Å². The number of halogens is 1. The third-order valence-corrected chi connectivity index (χ3v) is 2.83. The van der Waals surface area contributed by atoms with Crippen LogP contribution in [0.1, 0.15) is 23.0 Å². The van der Waals surface area contributed by atoms with Crippen molar-refractivity contribution in [2.75, 3.05) is 0 Å². The Kier molecular flexibility index (Phi) is 4.01. The van der Waals surface area contributed by atoms with Crippen LogP contribution in [-0.4, -0.2) is 16.9 Å². The van der Waals surface area contributed by atoms with Gasteiger partial charge in [0.1, 0.15) is 5.75 Å². The van der Waals surface area contributed by atoms with Gasteiger partial charge < -0.3 is 14.4 Å². The van der Waals surface area contributed by atoms with Gasteiger partial charge in [-0.3, -0.25) is 0 Å². The summed E-state index contributed by atoms with van der Waals surface area (Å²) in [4.78, 5) is 11.7. The van der Waals surface area contributed by atoms with Crippen molar-refractivity contribution in [3.05, 3.63) is 52.4 Å². The van der Waals surface area contributed by atoms with Gasteiger partial charge in [-0.2, -0.15) is 0 Å². The molecule has 0 bridgehead atoms. The zero-order valence-corrected chi connectivity index (χ0v) is 11.5. The Bertz CT molecular complexity index is 616. The van der Waals surface area contributed by atoms with Gasteiger partial charge in [0.25, 0.3) is 0 Å². The van der Waals surface area contributed by atoms with Gasteiger partial charge >= 0.3 is 5.97 Å². The van der Waals surface area contributed by atoms with E-state index in [2.05, 4.69) is 21.1 Å². The normalized spacial score (nSPS) is 11.4. The summed E-state index contributed by atoms with van der Waals surface area (Å²) < 4.78 is 10.7. The van der Waals surface area contributed by atoms with Gasteiger partial charge in [0.15, 0.2) is 4.67 Å². The molecule has 1 aromatic heterocycles.